The number of nitrogens with zero attached hydrogens (tertiary/aromatic N) is 3. The van der Waals surface area contributed by atoms with Crippen LogP contribution in [0, 0.1) is 10.1 Å². The van der Waals surface area contributed by atoms with E-state index in [2.05, 4.69) is 0 Å². The van der Waals surface area contributed by atoms with E-state index in [-0.39, 0.29) is 23.2 Å². The van der Waals surface area contributed by atoms with Gasteiger partial charge in [0, 0.05) is 44.4 Å². The highest BCUT2D eigenvalue weighted by Gasteiger charge is 2.34. The molecule has 1 aromatic rings. The molecule has 0 amide bonds. The quantitative estimate of drug-likeness (QED) is 0.596. The van der Waals surface area contributed by atoms with Gasteiger partial charge in [0.25, 0.3) is 5.69 Å². The Bertz CT molecular complexity index is 760. The van der Waals surface area contributed by atoms with Crippen molar-refractivity contribution in [1.82, 2.24) is 4.31 Å². The first-order valence-corrected chi connectivity index (χ1v) is 10.6. The SMILES string of the molecule is O=[N+]([O-])c1ccc(N2CCCCC2CCO)c(S(=O)(=O)N2CCCC2)c1. The van der Waals surface area contributed by atoms with E-state index >= 15 is 0 Å². The molecule has 1 atom stereocenters. The van der Waals surface area contributed by atoms with Gasteiger partial charge in [0.1, 0.15) is 4.90 Å². The number of nitro groups is 1. The lowest BCUT2D eigenvalue weighted by atomic mass is 9.98. The van der Waals surface area contributed by atoms with E-state index in [1.165, 1.54) is 16.4 Å². The maximum absolute atomic E-state index is 13.2. The van der Waals surface area contributed by atoms with Crippen molar-refractivity contribution < 1.29 is 18.4 Å². The molecule has 1 unspecified atom stereocenters. The van der Waals surface area contributed by atoms with Gasteiger partial charge in [0.05, 0.1) is 10.6 Å². The minimum atomic E-state index is -3.79. The van der Waals surface area contributed by atoms with Crippen LogP contribution in [0.15, 0.2) is 23.1 Å². The Labute approximate surface area is 153 Å². The highest BCUT2D eigenvalue weighted by molar-refractivity contribution is 7.89. The van der Waals surface area contributed by atoms with Gasteiger partial charge in [0.2, 0.25) is 10.0 Å². The number of nitro benzene ring substituents is 1. The Morgan fingerprint density at radius 3 is 2.50 bits per heavy atom. The summed E-state index contributed by atoms with van der Waals surface area (Å²) in [7, 11) is -3.79. The predicted molar refractivity (Wildman–Crippen MR) is 97.8 cm³/mol. The molecule has 2 aliphatic heterocycles. The molecule has 0 aliphatic carbocycles. The number of aliphatic hydroxyl groups excluding tert-OH is 1. The monoisotopic (exact) mass is 383 g/mol. The third kappa shape index (κ3) is 3.70. The normalized spacial score (nSPS) is 21.9. The predicted octanol–water partition coefficient (Wildman–Crippen LogP) is 2.12. The van der Waals surface area contributed by atoms with Crippen LogP contribution in [0.3, 0.4) is 0 Å². The summed E-state index contributed by atoms with van der Waals surface area (Å²) < 4.78 is 27.7. The van der Waals surface area contributed by atoms with E-state index in [4.69, 9.17) is 0 Å². The van der Waals surface area contributed by atoms with E-state index in [1.54, 1.807) is 6.07 Å². The molecule has 0 spiro atoms. The van der Waals surface area contributed by atoms with Crippen molar-refractivity contribution in [3.8, 4) is 0 Å². The van der Waals surface area contributed by atoms with Gasteiger partial charge >= 0.3 is 0 Å². The zero-order valence-corrected chi connectivity index (χ0v) is 15.5. The van der Waals surface area contributed by atoms with Crippen LogP contribution in [-0.4, -0.2) is 55.0 Å². The first-order valence-electron chi connectivity index (χ1n) is 9.11. The van der Waals surface area contributed by atoms with Crippen LogP contribution in [0.4, 0.5) is 11.4 Å². The number of piperidine rings is 1. The molecule has 3 rings (SSSR count). The molecular weight excluding hydrogens is 358 g/mol. The minimum absolute atomic E-state index is 0.0124. The van der Waals surface area contributed by atoms with Crippen molar-refractivity contribution in [2.45, 2.75) is 49.5 Å². The van der Waals surface area contributed by atoms with E-state index in [9.17, 15) is 23.6 Å². The van der Waals surface area contributed by atoms with Gasteiger partial charge in [-0.25, -0.2) is 8.42 Å². The molecule has 9 heteroatoms. The zero-order valence-electron chi connectivity index (χ0n) is 14.7. The smallest absolute Gasteiger partial charge is 0.270 e. The lowest BCUT2D eigenvalue weighted by Crippen LogP contribution is -2.41. The molecule has 0 aromatic heterocycles. The van der Waals surface area contributed by atoms with E-state index in [0.29, 0.717) is 31.7 Å². The molecule has 0 radical (unpaired) electrons. The summed E-state index contributed by atoms with van der Waals surface area (Å²) >= 11 is 0. The minimum Gasteiger partial charge on any atom is -0.396 e. The van der Waals surface area contributed by atoms with Crippen LogP contribution < -0.4 is 4.90 Å². The maximum Gasteiger partial charge on any atom is 0.270 e. The third-order valence-electron chi connectivity index (χ3n) is 5.24. The number of rotatable bonds is 6. The molecule has 0 saturated carbocycles. The molecule has 26 heavy (non-hydrogen) atoms. The average Bonchev–Trinajstić information content (AvgIpc) is 3.17. The van der Waals surface area contributed by atoms with Crippen molar-refractivity contribution in [1.29, 1.82) is 0 Å². The van der Waals surface area contributed by atoms with Gasteiger partial charge in [-0.3, -0.25) is 10.1 Å². The lowest BCUT2D eigenvalue weighted by molar-refractivity contribution is -0.385. The Kier molecular flexibility index (Phi) is 5.79. The van der Waals surface area contributed by atoms with Crippen LogP contribution >= 0.6 is 0 Å². The Morgan fingerprint density at radius 2 is 1.85 bits per heavy atom. The van der Waals surface area contributed by atoms with Crippen molar-refractivity contribution in [3.05, 3.63) is 28.3 Å². The molecule has 2 saturated heterocycles. The van der Waals surface area contributed by atoms with E-state index in [0.717, 1.165) is 32.1 Å². The second-order valence-electron chi connectivity index (χ2n) is 6.88. The first kappa shape index (κ1) is 19.1. The fourth-order valence-electron chi connectivity index (χ4n) is 3.89. The van der Waals surface area contributed by atoms with Gasteiger partial charge in [-0.05, 0) is 44.6 Å². The number of hydrogen-bond donors (Lipinski definition) is 1. The molecule has 1 aromatic carbocycles. The molecule has 2 aliphatic rings. The Balaban J connectivity index is 2.08. The van der Waals surface area contributed by atoms with Crippen molar-refractivity contribution in [3.63, 3.8) is 0 Å². The second-order valence-corrected chi connectivity index (χ2v) is 8.78. The van der Waals surface area contributed by atoms with Gasteiger partial charge < -0.3 is 10.0 Å². The van der Waals surface area contributed by atoms with Crippen molar-refractivity contribution in [2.75, 3.05) is 31.1 Å². The van der Waals surface area contributed by atoms with E-state index < -0.39 is 14.9 Å². The Morgan fingerprint density at radius 1 is 1.15 bits per heavy atom. The standard InChI is InChI=1S/C17H25N3O5S/c21-12-8-14-5-1-2-11-19(14)16-7-6-15(20(22)23)13-17(16)26(24,25)18-9-3-4-10-18/h6-7,13-14,21H,1-5,8-12H2. The van der Waals surface area contributed by atoms with Gasteiger partial charge in [0.15, 0.2) is 0 Å². The number of anilines is 1. The van der Waals surface area contributed by atoms with Crippen LogP contribution in [0.2, 0.25) is 0 Å². The molecular formula is C17H25N3O5S. The summed E-state index contributed by atoms with van der Waals surface area (Å²) in [5, 5.41) is 20.6. The average molecular weight is 383 g/mol. The largest absolute Gasteiger partial charge is 0.396 e. The van der Waals surface area contributed by atoms with Gasteiger partial charge in [-0.15, -0.1) is 0 Å². The lowest BCUT2D eigenvalue weighted by Gasteiger charge is -2.38. The number of hydrogen-bond acceptors (Lipinski definition) is 6. The maximum atomic E-state index is 13.2. The summed E-state index contributed by atoms with van der Waals surface area (Å²) in [6.07, 6.45) is 5.01. The fraction of sp³-hybridized carbons (Fsp3) is 0.647. The van der Waals surface area contributed by atoms with Crippen molar-refractivity contribution >= 4 is 21.4 Å². The zero-order chi connectivity index (χ0) is 18.7. The topological polar surface area (TPSA) is 104 Å². The molecule has 0 bridgehead atoms. The molecule has 1 N–H and O–H groups in total. The number of aliphatic hydroxyl groups is 1. The summed E-state index contributed by atoms with van der Waals surface area (Å²) in [5.41, 5.74) is 0.294. The summed E-state index contributed by atoms with van der Waals surface area (Å²) in [4.78, 5) is 12.7. The number of benzene rings is 1. The van der Waals surface area contributed by atoms with Crippen LogP contribution in [0.5, 0.6) is 0 Å². The molecule has 8 nitrogen and oxygen atoms in total. The third-order valence-corrected chi connectivity index (χ3v) is 7.16. The Hall–Kier alpha value is -1.71. The van der Waals surface area contributed by atoms with E-state index in [1.807, 2.05) is 4.90 Å². The molecule has 2 fully saturated rings. The van der Waals surface area contributed by atoms with Gasteiger partial charge in [-0.2, -0.15) is 4.31 Å². The molecule has 144 valence electrons. The van der Waals surface area contributed by atoms with Crippen LogP contribution in [-0.2, 0) is 10.0 Å². The first-order chi connectivity index (χ1) is 12.4. The number of non-ortho nitro benzene ring substituents is 1. The fourth-order valence-corrected chi connectivity index (χ4v) is 5.63. The highest BCUT2D eigenvalue weighted by atomic mass is 32.2. The summed E-state index contributed by atoms with van der Waals surface area (Å²) in [6.45, 7) is 1.61. The molecule has 2 heterocycles. The number of sulfonamides is 1. The van der Waals surface area contributed by atoms with Crippen molar-refractivity contribution in [2.24, 2.45) is 0 Å². The summed E-state index contributed by atoms with van der Waals surface area (Å²) in [6, 6.07) is 4.15. The second kappa shape index (κ2) is 7.89. The summed E-state index contributed by atoms with van der Waals surface area (Å²) in [5.74, 6) is 0. The van der Waals surface area contributed by atoms with Gasteiger partial charge in [-0.1, -0.05) is 0 Å². The highest BCUT2D eigenvalue weighted by Crippen LogP contribution is 2.36. The van der Waals surface area contributed by atoms with Crippen LogP contribution in [0.1, 0.15) is 38.5 Å². The van der Waals surface area contributed by atoms with Crippen LogP contribution in [0.25, 0.3) is 0 Å².